The Hall–Kier alpha value is -3.70. The molecule has 7 nitrogen and oxygen atoms in total. The third-order valence-corrected chi connectivity index (χ3v) is 7.17. The molecule has 3 heterocycles. The lowest BCUT2D eigenvalue weighted by Gasteiger charge is -2.27. The number of hydrogen-bond donors (Lipinski definition) is 1. The molecule has 0 atom stereocenters. The third kappa shape index (κ3) is 4.47. The normalized spacial score (nSPS) is 13.7. The molecule has 2 aromatic carbocycles. The molecule has 1 aliphatic heterocycles. The number of carbonyl (C=O) groups is 1. The van der Waals surface area contributed by atoms with Gasteiger partial charge in [0.2, 0.25) is 5.91 Å². The van der Waals surface area contributed by atoms with Crippen molar-refractivity contribution in [3.63, 3.8) is 0 Å². The smallest absolute Gasteiger partial charge is 0.367 e. The highest BCUT2D eigenvalue weighted by molar-refractivity contribution is 7.18. The maximum atomic E-state index is 13.6. The molecule has 0 unspecified atom stereocenters. The maximum absolute atomic E-state index is 13.6. The van der Waals surface area contributed by atoms with E-state index in [1.165, 1.54) is 12.1 Å². The van der Waals surface area contributed by atoms with Gasteiger partial charge in [-0.1, -0.05) is 42.5 Å². The second kappa shape index (κ2) is 9.40. The van der Waals surface area contributed by atoms with E-state index in [-0.39, 0.29) is 29.3 Å². The van der Waals surface area contributed by atoms with Crippen molar-refractivity contribution in [2.24, 2.45) is 0 Å². The number of thiophene rings is 1. The Bertz CT molecular complexity index is 1560. The highest BCUT2D eigenvalue weighted by Crippen LogP contribution is 2.34. The van der Waals surface area contributed by atoms with Crippen molar-refractivity contribution in [3.8, 4) is 5.69 Å². The summed E-state index contributed by atoms with van der Waals surface area (Å²) in [4.78, 5) is 43.9. The van der Waals surface area contributed by atoms with Crippen LogP contribution in [0.2, 0.25) is 0 Å². The zero-order valence-corrected chi connectivity index (χ0v) is 19.6. The fourth-order valence-corrected chi connectivity index (χ4v) is 5.58. The SMILES string of the molecule is O=C(COCc1ccccc1)N1CCc2c(sc3[nH]c(=O)n(-c4ccccc4C(F)(F)F)c(=O)c23)C1. The molecule has 0 radical (unpaired) electrons. The van der Waals surface area contributed by atoms with E-state index in [1.807, 2.05) is 30.3 Å². The van der Waals surface area contributed by atoms with Gasteiger partial charge in [-0.3, -0.25) is 14.6 Å². The fourth-order valence-electron chi connectivity index (χ4n) is 4.34. The topological polar surface area (TPSA) is 84.4 Å². The minimum absolute atomic E-state index is 0.104. The number of H-pyrrole nitrogens is 1. The summed E-state index contributed by atoms with van der Waals surface area (Å²) in [6, 6.07) is 13.9. The molecule has 0 fully saturated rings. The summed E-state index contributed by atoms with van der Waals surface area (Å²) in [6.45, 7) is 0.745. The number of benzene rings is 2. The van der Waals surface area contributed by atoms with Gasteiger partial charge in [0.25, 0.3) is 5.56 Å². The number of amides is 1. The standard InChI is InChI=1S/C25H20F3N3O4S/c26-25(27,28)17-8-4-5-9-18(17)31-23(33)21-16-10-11-30(12-19(16)36-22(21)29-24(31)34)20(32)14-35-13-15-6-2-1-3-7-15/h1-9H,10-14H2,(H,29,34). The van der Waals surface area contributed by atoms with E-state index < -0.39 is 28.7 Å². The van der Waals surface area contributed by atoms with Gasteiger partial charge in [0, 0.05) is 11.4 Å². The molecule has 186 valence electrons. The van der Waals surface area contributed by atoms with Gasteiger partial charge >= 0.3 is 11.9 Å². The summed E-state index contributed by atoms with van der Waals surface area (Å²) in [5.41, 5.74) is -1.78. The molecule has 1 aliphatic rings. The minimum atomic E-state index is -4.74. The Morgan fingerprint density at radius 1 is 1.06 bits per heavy atom. The summed E-state index contributed by atoms with van der Waals surface area (Å²) >= 11 is 1.16. The molecule has 0 aliphatic carbocycles. The average molecular weight is 516 g/mol. The average Bonchev–Trinajstić information content (AvgIpc) is 3.22. The first-order valence-electron chi connectivity index (χ1n) is 11.1. The molecule has 0 saturated heterocycles. The van der Waals surface area contributed by atoms with Crippen LogP contribution in [0.15, 0.2) is 64.2 Å². The first-order chi connectivity index (χ1) is 17.2. The molecular weight excluding hydrogens is 495 g/mol. The molecule has 36 heavy (non-hydrogen) atoms. The van der Waals surface area contributed by atoms with Crippen molar-refractivity contribution in [2.75, 3.05) is 13.2 Å². The highest BCUT2D eigenvalue weighted by Gasteiger charge is 2.35. The Morgan fingerprint density at radius 3 is 2.53 bits per heavy atom. The molecule has 0 spiro atoms. The Balaban J connectivity index is 1.43. The van der Waals surface area contributed by atoms with E-state index in [0.717, 1.165) is 29.0 Å². The van der Waals surface area contributed by atoms with Crippen LogP contribution >= 0.6 is 11.3 Å². The minimum Gasteiger partial charge on any atom is -0.367 e. The van der Waals surface area contributed by atoms with Crippen LogP contribution in [0.3, 0.4) is 0 Å². The van der Waals surface area contributed by atoms with Crippen LogP contribution in [0.1, 0.15) is 21.6 Å². The first-order valence-corrected chi connectivity index (χ1v) is 11.9. The molecule has 11 heteroatoms. The number of carbonyl (C=O) groups excluding carboxylic acids is 1. The van der Waals surface area contributed by atoms with Crippen LogP contribution < -0.4 is 11.2 Å². The van der Waals surface area contributed by atoms with Crippen molar-refractivity contribution >= 4 is 27.5 Å². The molecule has 0 saturated carbocycles. The van der Waals surface area contributed by atoms with E-state index in [2.05, 4.69) is 4.98 Å². The monoisotopic (exact) mass is 515 g/mol. The van der Waals surface area contributed by atoms with Crippen molar-refractivity contribution < 1.29 is 22.7 Å². The van der Waals surface area contributed by atoms with Gasteiger partial charge < -0.3 is 9.64 Å². The number of fused-ring (bicyclic) bond motifs is 3. The third-order valence-electron chi connectivity index (χ3n) is 6.04. The molecule has 1 N–H and O–H groups in total. The van der Waals surface area contributed by atoms with Crippen LogP contribution in [-0.2, 0) is 35.3 Å². The summed E-state index contributed by atoms with van der Waals surface area (Å²) < 4.78 is 46.7. The van der Waals surface area contributed by atoms with Crippen LogP contribution in [0.4, 0.5) is 13.2 Å². The number of halogens is 3. The van der Waals surface area contributed by atoms with E-state index in [1.54, 1.807) is 4.90 Å². The van der Waals surface area contributed by atoms with Gasteiger partial charge in [-0.15, -0.1) is 11.3 Å². The van der Waals surface area contributed by atoms with Crippen LogP contribution in [-0.4, -0.2) is 33.5 Å². The molecule has 5 rings (SSSR count). The van der Waals surface area contributed by atoms with E-state index in [0.29, 0.717) is 34.6 Å². The van der Waals surface area contributed by atoms with Crippen LogP contribution in [0.5, 0.6) is 0 Å². The Kier molecular flexibility index (Phi) is 6.27. The number of aromatic nitrogens is 2. The van der Waals surface area contributed by atoms with Gasteiger partial charge in [0.05, 0.1) is 29.8 Å². The largest absolute Gasteiger partial charge is 0.418 e. The number of aromatic amines is 1. The lowest BCUT2D eigenvalue weighted by Crippen LogP contribution is -2.38. The Labute approximate surface area is 206 Å². The molecule has 4 aromatic rings. The van der Waals surface area contributed by atoms with Gasteiger partial charge in [-0.25, -0.2) is 9.36 Å². The quantitative estimate of drug-likeness (QED) is 0.438. The number of nitrogens with one attached hydrogen (secondary N) is 1. The van der Waals surface area contributed by atoms with Gasteiger partial charge in [-0.2, -0.15) is 13.2 Å². The van der Waals surface area contributed by atoms with E-state index >= 15 is 0 Å². The zero-order valence-electron chi connectivity index (χ0n) is 18.8. The lowest BCUT2D eigenvalue weighted by molar-refractivity contribution is -0.138. The first kappa shape index (κ1) is 24.0. The predicted molar refractivity (Wildman–Crippen MR) is 128 cm³/mol. The summed E-state index contributed by atoms with van der Waals surface area (Å²) in [7, 11) is 0. The van der Waals surface area contributed by atoms with E-state index in [4.69, 9.17) is 4.74 Å². The number of hydrogen-bond acceptors (Lipinski definition) is 5. The predicted octanol–water partition coefficient (Wildman–Crippen LogP) is 3.86. The maximum Gasteiger partial charge on any atom is 0.418 e. The van der Waals surface area contributed by atoms with E-state index in [9.17, 15) is 27.6 Å². The fraction of sp³-hybridized carbons (Fsp3) is 0.240. The van der Waals surface area contributed by atoms with Gasteiger partial charge in [0.1, 0.15) is 11.4 Å². The highest BCUT2D eigenvalue weighted by atomic mass is 32.1. The lowest BCUT2D eigenvalue weighted by atomic mass is 10.1. The molecule has 0 bridgehead atoms. The van der Waals surface area contributed by atoms with Gasteiger partial charge in [0.15, 0.2) is 0 Å². The number of nitrogens with zero attached hydrogens (tertiary/aromatic N) is 2. The second-order valence-electron chi connectivity index (χ2n) is 8.34. The summed E-state index contributed by atoms with van der Waals surface area (Å²) in [5.74, 6) is -0.209. The van der Waals surface area contributed by atoms with Crippen molar-refractivity contribution in [1.29, 1.82) is 0 Å². The van der Waals surface area contributed by atoms with Crippen molar-refractivity contribution in [3.05, 3.63) is 97.0 Å². The number of alkyl halides is 3. The zero-order chi connectivity index (χ0) is 25.4. The number of ether oxygens (including phenoxy) is 1. The molecule has 2 aromatic heterocycles. The van der Waals surface area contributed by atoms with Gasteiger partial charge in [-0.05, 0) is 29.7 Å². The van der Waals surface area contributed by atoms with Crippen molar-refractivity contribution in [1.82, 2.24) is 14.5 Å². The second-order valence-corrected chi connectivity index (χ2v) is 9.44. The Morgan fingerprint density at radius 2 is 1.78 bits per heavy atom. The summed E-state index contributed by atoms with van der Waals surface area (Å²) in [5, 5.41) is 0.180. The number of para-hydroxylation sites is 1. The van der Waals surface area contributed by atoms with Crippen LogP contribution in [0.25, 0.3) is 15.9 Å². The van der Waals surface area contributed by atoms with Crippen molar-refractivity contribution in [2.45, 2.75) is 25.7 Å². The number of rotatable bonds is 5. The molecular formula is C25H20F3N3O4S. The summed E-state index contributed by atoms with van der Waals surface area (Å²) in [6.07, 6.45) is -4.41. The van der Waals surface area contributed by atoms with Crippen LogP contribution in [0, 0.1) is 0 Å². The molecule has 1 amide bonds.